The number of nitrogens with zero attached hydrogens (tertiary/aromatic N) is 4. The molecule has 0 saturated carbocycles. The third-order valence-electron chi connectivity index (χ3n) is 5.38. The molecule has 9 nitrogen and oxygen atoms in total. The number of fused-ring (bicyclic) bond motifs is 1. The van der Waals surface area contributed by atoms with Crippen molar-refractivity contribution in [2.24, 2.45) is 0 Å². The Hall–Kier alpha value is -3.42. The van der Waals surface area contributed by atoms with Crippen LogP contribution in [0.2, 0.25) is 0 Å². The minimum Gasteiger partial charge on any atom is -0.480 e. The molecule has 3 aromatic rings. The summed E-state index contributed by atoms with van der Waals surface area (Å²) in [6.07, 6.45) is 4.29. The Morgan fingerprint density at radius 3 is 2.67 bits per heavy atom. The Morgan fingerprint density at radius 2 is 2.00 bits per heavy atom. The van der Waals surface area contributed by atoms with E-state index in [-0.39, 0.29) is 17.2 Å². The normalized spacial score (nSPS) is 15.8. The number of morpholine rings is 1. The largest absolute Gasteiger partial charge is 0.480 e. The number of hydrogen-bond donors (Lipinski definition) is 1. The van der Waals surface area contributed by atoms with Crippen LogP contribution in [0.5, 0.6) is 5.88 Å². The van der Waals surface area contributed by atoms with Gasteiger partial charge in [0.1, 0.15) is 11.8 Å². The van der Waals surface area contributed by atoms with E-state index in [9.17, 15) is 13.7 Å². The number of sulfonamides is 1. The first-order chi connectivity index (χ1) is 15.6. The molecule has 1 aliphatic rings. The maximum Gasteiger partial charge on any atom is 0.238 e. The van der Waals surface area contributed by atoms with E-state index in [1.165, 1.54) is 7.11 Å². The fourth-order valence-electron chi connectivity index (χ4n) is 4.03. The van der Waals surface area contributed by atoms with Crippen LogP contribution in [0.4, 0.5) is 11.4 Å². The van der Waals surface area contributed by atoms with Crippen molar-refractivity contribution in [3.63, 3.8) is 0 Å². The third-order valence-corrected chi connectivity index (χ3v) is 5.97. The number of ether oxygens (including phenoxy) is 2. The summed E-state index contributed by atoms with van der Waals surface area (Å²) in [6.45, 7) is 5.91. The minimum absolute atomic E-state index is 0.176. The average molecular weight is 468 g/mol. The Labute approximate surface area is 193 Å². The lowest BCUT2D eigenvalue weighted by molar-refractivity contribution is -0.0276. The first kappa shape index (κ1) is 22.8. The van der Waals surface area contributed by atoms with Gasteiger partial charge in [-0.15, -0.1) is 0 Å². The van der Waals surface area contributed by atoms with Gasteiger partial charge in [-0.05, 0) is 37.6 Å². The van der Waals surface area contributed by atoms with Crippen LogP contribution >= 0.6 is 0 Å². The van der Waals surface area contributed by atoms with Crippen LogP contribution < -0.4 is 14.4 Å². The van der Waals surface area contributed by atoms with E-state index >= 15 is 0 Å². The van der Waals surface area contributed by atoms with Gasteiger partial charge in [0, 0.05) is 36.4 Å². The highest BCUT2D eigenvalue weighted by Crippen LogP contribution is 2.36. The molecule has 1 N–H and O–H groups in total. The summed E-state index contributed by atoms with van der Waals surface area (Å²) in [5, 5.41) is 10.6. The summed E-state index contributed by atoms with van der Waals surface area (Å²) in [5.74, 6) is 0.176. The van der Waals surface area contributed by atoms with Gasteiger partial charge in [-0.25, -0.2) is 13.4 Å². The number of rotatable bonds is 5. The molecule has 1 fully saturated rings. The lowest BCUT2D eigenvalue weighted by Crippen LogP contribution is -2.48. The molecule has 2 aromatic heterocycles. The van der Waals surface area contributed by atoms with Gasteiger partial charge < -0.3 is 14.4 Å². The van der Waals surface area contributed by atoms with Crippen LogP contribution in [0.3, 0.4) is 0 Å². The second-order valence-electron chi connectivity index (χ2n) is 8.55. The molecule has 33 heavy (non-hydrogen) atoms. The van der Waals surface area contributed by atoms with Crippen molar-refractivity contribution < 1.29 is 17.9 Å². The molecule has 0 aliphatic carbocycles. The Kier molecular flexibility index (Phi) is 5.86. The van der Waals surface area contributed by atoms with Gasteiger partial charge >= 0.3 is 0 Å². The van der Waals surface area contributed by atoms with Crippen molar-refractivity contribution in [2.45, 2.75) is 19.4 Å². The van der Waals surface area contributed by atoms with Crippen LogP contribution in [0.15, 0.2) is 36.7 Å². The van der Waals surface area contributed by atoms with Crippen molar-refractivity contribution in [3.8, 4) is 23.1 Å². The minimum atomic E-state index is -3.52. The Balaban J connectivity index is 1.86. The molecule has 1 saturated heterocycles. The Morgan fingerprint density at radius 1 is 1.21 bits per heavy atom. The number of nitrogens with one attached hydrogen (secondary N) is 1. The van der Waals surface area contributed by atoms with Gasteiger partial charge in [-0.2, -0.15) is 5.26 Å². The van der Waals surface area contributed by atoms with E-state index in [1.807, 2.05) is 32.0 Å². The van der Waals surface area contributed by atoms with Gasteiger partial charge in [-0.1, -0.05) is 6.07 Å². The molecule has 1 aromatic carbocycles. The number of pyridine rings is 2. The molecule has 4 rings (SSSR count). The van der Waals surface area contributed by atoms with Crippen molar-refractivity contribution in [3.05, 3.63) is 42.2 Å². The smallest absolute Gasteiger partial charge is 0.238 e. The molecule has 0 unspecified atom stereocenters. The number of benzene rings is 1. The maximum absolute atomic E-state index is 11.8. The average Bonchev–Trinajstić information content (AvgIpc) is 2.76. The molecular formula is C23H25N5O4S. The lowest BCUT2D eigenvalue weighted by atomic mass is 10.00. The van der Waals surface area contributed by atoms with Crippen LogP contribution in [-0.2, 0) is 14.8 Å². The number of aromatic nitrogens is 2. The first-order valence-electron chi connectivity index (χ1n) is 10.3. The second-order valence-corrected chi connectivity index (χ2v) is 10.3. The highest BCUT2D eigenvalue weighted by Gasteiger charge is 2.29. The zero-order valence-corrected chi connectivity index (χ0v) is 19.7. The summed E-state index contributed by atoms with van der Waals surface area (Å²) in [4.78, 5) is 10.9. The molecule has 1 aliphatic heterocycles. The van der Waals surface area contributed by atoms with E-state index < -0.39 is 10.0 Å². The fraction of sp³-hybridized carbons (Fsp3) is 0.348. The third kappa shape index (κ3) is 4.84. The van der Waals surface area contributed by atoms with E-state index in [2.05, 4.69) is 25.7 Å². The second kappa shape index (κ2) is 8.50. The number of methoxy groups -OCH3 is 1. The SMILES string of the molecule is COc1ncc(-c2ccc3ncc(C#N)c(N4CCOC(C)(C)C4)c3c2)cc1NS(C)(=O)=O. The lowest BCUT2D eigenvalue weighted by Gasteiger charge is -2.40. The summed E-state index contributed by atoms with van der Waals surface area (Å²) < 4.78 is 37.1. The van der Waals surface area contributed by atoms with Gasteiger partial charge in [0.25, 0.3) is 0 Å². The monoisotopic (exact) mass is 467 g/mol. The number of nitriles is 1. The molecule has 0 radical (unpaired) electrons. The molecule has 0 bridgehead atoms. The highest BCUT2D eigenvalue weighted by molar-refractivity contribution is 7.92. The van der Waals surface area contributed by atoms with Crippen LogP contribution in [-0.4, -0.2) is 57.0 Å². The van der Waals surface area contributed by atoms with Crippen molar-refractivity contribution in [2.75, 3.05) is 42.7 Å². The number of anilines is 2. The zero-order chi connectivity index (χ0) is 23.8. The molecule has 0 spiro atoms. The summed E-state index contributed by atoms with van der Waals surface area (Å²) in [5.41, 5.74) is 3.47. The van der Waals surface area contributed by atoms with Crippen LogP contribution in [0.1, 0.15) is 19.4 Å². The van der Waals surface area contributed by atoms with Crippen molar-refractivity contribution in [1.82, 2.24) is 9.97 Å². The summed E-state index contributed by atoms with van der Waals surface area (Å²) in [7, 11) is -2.09. The van der Waals surface area contributed by atoms with Gasteiger partial charge in [-0.3, -0.25) is 9.71 Å². The molecular weight excluding hydrogens is 442 g/mol. The van der Waals surface area contributed by atoms with Crippen molar-refractivity contribution >= 4 is 32.3 Å². The molecule has 3 heterocycles. The van der Waals surface area contributed by atoms with Crippen LogP contribution in [0, 0.1) is 11.3 Å². The molecule has 172 valence electrons. The molecule has 0 atom stereocenters. The summed E-state index contributed by atoms with van der Waals surface area (Å²) >= 11 is 0. The quantitative estimate of drug-likeness (QED) is 0.608. The van der Waals surface area contributed by atoms with Gasteiger partial charge in [0.2, 0.25) is 15.9 Å². The van der Waals surface area contributed by atoms with E-state index in [0.29, 0.717) is 30.8 Å². The van der Waals surface area contributed by atoms with E-state index in [0.717, 1.165) is 28.4 Å². The zero-order valence-electron chi connectivity index (χ0n) is 18.9. The predicted octanol–water partition coefficient (Wildman–Crippen LogP) is 3.16. The molecule has 0 amide bonds. The Bertz CT molecular complexity index is 1370. The summed E-state index contributed by atoms with van der Waals surface area (Å²) in [6, 6.07) is 9.67. The maximum atomic E-state index is 11.8. The topological polar surface area (TPSA) is 117 Å². The predicted molar refractivity (Wildman–Crippen MR) is 127 cm³/mol. The van der Waals surface area contributed by atoms with E-state index in [4.69, 9.17) is 9.47 Å². The van der Waals surface area contributed by atoms with Crippen LogP contribution in [0.25, 0.3) is 22.0 Å². The van der Waals surface area contributed by atoms with Crippen molar-refractivity contribution in [1.29, 1.82) is 5.26 Å². The standard InChI is InChI=1S/C23H25N5O4S/c1-23(2)14-28(7-8-32-23)21-17(11-24)13-25-19-6-5-15(9-18(19)21)16-10-20(27-33(4,29)30)22(31-3)26-12-16/h5-6,9-10,12-13,27H,7-8,14H2,1-4H3. The highest BCUT2D eigenvalue weighted by atomic mass is 32.2. The number of hydrogen-bond acceptors (Lipinski definition) is 8. The fourth-order valence-corrected chi connectivity index (χ4v) is 4.58. The van der Waals surface area contributed by atoms with Gasteiger partial charge in [0.05, 0.1) is 42.3 Å². The van der Waals surface area contributed by atoms with Gasteiger partial charge in [0.15, 0.2) is 0 Å². The molecule has 10 heteroatoms. The van der Waals surface area contributed by atoms with E-state index in [1.54, 1.807) is 18.5 Å². The first-order valence-corrected chi connectivity index (χ1v) is 12.2.